The molecule has 0 spiro atoms. The first kappa shape index (κ1) is 27.0. The van der Waals surface area contributed by atoms with Crippen LogP contribution in [-0.2, 0) is 22.4 Å². The minimum absolute atomic E-state index is 0.00200. The van der Waals surface area contributed by atoms with Gasteiger partial charge < -0.3 is 14.3 Å². The van der Waals surface area contributed by atoms with Crippen molar-refractivity contribution >= 4 is 12.0 Å². The molecule has 1 N–H and O–H groups in total. The van der Waals surface area contributed by atoms with E-state index < -0.39 is 35.7 Å². The molecule has 1 aliphatic heterocycles. The van der Waals surface area contributed by atoms with Crippen LogP contribution in [0, 0.1) is 11.8 Å². The van der Waals surface area contributed by atoms with Gasteiger partial charge in [0.1, 0.15) is 23.2 Å². The zero-order chi connectivity index (χ0) is 25.6. The molecule has 2 aromatic rings. The molecular formula is C29H41NO5. The summed E-state index contributed by atoms with van der Waals surface area (Å²) >= 11 is 0. The molecule has 3 rings (SSSR count). The summed E-state index contributed by atoms with van der Waals surface area (Å²) in [7, 11) is 0. The lowest BCUT2D eigenvalue weighted by atomic mass is 9.86. The Morgan fingerprint density at radius 3 is 2.40 bits per heavy atom. The highest BCUT2D eigenvalue weighted by Gasteiger charge is 2.53. The van der Waals surface area contributed by atoms with E-state index in [4.69, 9.17) is 9.15 Å². The molecule has 0 bridgehead atoms. The summed E-state index contributed by atoms with van der Waals surface area (Å²) in [4.78, 5) is 27.9. The van der Waals surface area contributed by atoms with E-state index in [0.717, 1.165) is 30.6 Å². The van der Waals surface area contributed by atoms with Crippen LogP contribution in [0.4, 0.5) is 4.79 Å². The van der Waals surface area contributed by atoms with Crippen LogP contribution in [0.3, 0.4) is 0 Å². The Bertz CT molecular complexity index is 964. The fourth-order valence-electron chi connectivity index (χ4n) is 5.26. The number of amides is 2. The van der Waals surface area contributed by atoms with Gasteiger partial charge in [0.2, 0.25) is 5.91 Å². The van der Waals surface area contributed by atoms with Crippen molar-refractivity contribution in [3.05, 3.63) is 59.5 Å². The third kappa shape index (κ3) is 6.54. The van der Waals surface area contributed by atoms with Crippen LogP contribution in [0.25, 0.3) is 0 Å². The van der Waals surface area contributed by atoms with Crippen molar-refractivity contribution in [2.75, 3.05) is 0 Å². The molecule has 1 fully saturated rings. The summed E-state index contributed by atoms with van der Waals surface area (Å²) in [6, 6.07) is 12.8. The molecule has 2 amide bonds. The van der Waals surface area contributed by atoms with Crippen LogP contribution in [0.15, 0.2) is 46.9 Å². The molecule has 1 aromatic heterocycles. The second kappa shape index (κ2) is 11.9. The number of imide groups is 1. The van der Waals surface area contributed by atoms with E-state index in [0.29, 0.717) is 5.76 Å². The van der Waals surface area contributed by atoms with Crippen molar-refractivity contribution in [1.29, 1.82) is 0 Å². The predicted octanol–water partition coefficient (Wildman–Crippen LogP) is 6.47. The van der Waals surface area contributed by atoms with Gasteiger partial charge in [-0.1, -0.05) is 76.8 Å². The zero-order valence-electron chi connectivity index (χ0n) is 21.8. The summed E-state index contributed by atoms with van der Waals surface area (Å²) in [5.41, 5.74) is 0.0965. The summed E-state index contributed by atoms with van der Waals surface area (Å²) in [6.45, 7) is 9.78. The quantitative estimate of drug-likeness (QED) is 0.350. The molecule has 2 heterocycles. The second-order valence-corrected chi connectivity index (χ2v) is 10.6. The van der Waals surface area contributed by atoms with Crippen molar-refractivity contribution in [2.45, 2.75) is 97.3 Å². The maximum absolute atomic E-state index is 13.9. The molecule has 1 aromatic carbocycles. The number of benzene rings is 1. The Morgan fingerprint density at radius 1 is 1.06 bits per heavy atom. The second-order valence-electron chi connectivity index (χ2n) is 10.6. The normalized spacial score (nSPS) is 19.1. The van der Waals surface area contributed by atoms with Gasteiger partial charge in [-0.25, -0.2) is 9.69 Å². The largest absolute Gasteiger partial charge is 0.463 e. The molecule has 6 nitrogen and oxygen atoms in total. The van der Waals surface area contributed by atoms with Gasteiger partial charge in [-0.15, -0.1) is 0 Å². The van der Waals surface area contributed by atoms with Crippen molar-refractivity contribution < 1.29 is 23.8 Å². The highest BCUT2D eigenvalue weighted by atomic mass is 16.6. The van der Waals surface area contributed by atoms with Crippen molar-refractivity contribution in [3.63, 3.8) is 0 Å². The minimum atomic E-state index is -1.18. The molecule has 0 saturated carbocycles. The predicted molar refractivity (Wildman–Crippen MR) is 136 cm³/mol. The Kier molecular flexibility index (Phi) is 9.17. The number of cyclic esters (lactones) is 1. The Hall–Kier alpha value is -2.60. The first-order valence-electron chi connectivity index (χ1n) is 13.0. The van der Waals surface area contributed by atoms with Crippen LogP contribution in [0.1, 0.15) is 89.9 Å². The number of carbonyl (C=O) groups is 2. The van der Waals surface area contributed by atoms with E-state index >= 15 is 0 Å². The van der Waals surface area contributed by atoms with E-state index in [1.807, 2.05) is 64.1 Å². The zero-order valence-corrected chi connectivity index (χ0v) is 21.8. The number of nitrogens with zero attached hydrogens (tertiary/aromatic N) is 1. The van der Waals surface area contributed by atoms with Gasteiger partial charge in [0.25, 0.3) is 0 Å². The molecule has 0 aliphatic carbocycles. The van der Waals surface area contributed by atoms with Gasteiger partial charge in [-0.2, -0.15) is 0 Å². The first-order chi connectivity index (χ1) is 16.7. The van der Waals surface area contributed by atoms with Gasteiger partial charge >= 0.3 is 6.09 Å². The first-order valence-corrected chi connectivity index (χ1v) is 13.0. The van der Waals surface area contributed by atoms with Crippen molar-refractivity contribution in [2.24, 2.45) is 11.8 Å². The van der Waals surface area contributed by atoms with Crippen LogP contribution >= 0.6 is 0 Å². The SMILES string of the molecule is CCCCCCCc1ccc([C@@H](O)[C@H](Cc2ccccc2)C(=O)N2C(=O)OC(C)(C)[C@@H]2C(C)C)o1. The molecule has 1 aliphatic rings. The third-order valence-electron chi connectivity index (χ3n) is 6.90. The van der Waals surface area contributed by atoms with Crippen LogP contribution in [-0.4, -0.2) is 33.6 Å². The van der Waals surface area contributed by atoms with E-state index in [9.17, 15) is 14.7 Å². The maximum atomic E-state index is 13.9. The molecule has 192 valence electrons. The number of carbonyl (C=O) groups excluding carboxylic acids is 2. The Morgan fingerprint density at radius 2 is 1.74 bits per heavy atom. The average molecular weight is 484 g/mol. The van der Waals surface area contributed by atoms with Crippen molar-refractivity contribution in [1.82, 2.24) is 4.90 Å². The molecule has 0 unspecified atom stereocenters. The smallest absolute Gasteiger partial charge is 0.417 e. The molecule has 35 heavy (non-hydrogen) atoms. The topological polar surface area (TPSA) is 80.0 Å². The van der Waals surface area contributed by atoms with Crippen LogP contribution in [0.2, 0.25) is 0 Å². The number of furan rings is 1. The fraction of sp³-hybridized carbons (Fsp3) is 0.586. The highest BCUT2D eigenvalue weighted by molar-refractivity contribution is 5.95. The molecule has 1 saturated heterocycles. The number of rotatable bonds is 12. The number of ether oxygens (including phenoxy) is 1. The van der Waals surface area contributed by atoms with Crippen LogP contribution < -0.4 is 0 Å². The minimum Gasteiger partial charge on any atom is -0.463 e. The van der Waals surface area contributed by atoms with E-state index in [1.54, 1.807) is 6.07 Å². The lowest BCUT2D eigenvalue weighted by molar-refractivity contribution is -0.139. The number of aryl methyl sites for hydroxylation is 1. The van der Waals surface area contributed by atoms with Gasteiger partial charge in [-0.3, -0.25) is 4.79 Å². The summed E-state index contributed by atoms with van der Waals surface area (Å²) in [5, 5.41) is 11.4. The van der Waals surface area contributed by atoms with E-state index in [2.05, 4.69) is 6.92 Å². The summed E-state index contributed by atoms with van der Waals surface area (Å²) < 4.78 is 11.6. The lowest BCUT2D eigenvalue weighted by Gasteiger charge is -2.33. The summed E-state index contributed by atoms with van der Waals surface area (Å²) in [5.74, 6) is -0.159. The van der Waals surface area contributed by atoms with Gasteiger partial charge in [0.15, 0.2) is 0 Å². The number of aliphatic hydroxyl groups excluding tert-OH is 1. The molecular weight excluding hydrogens is 442 g/mol. The van der Waals surface area contributed by atoms with E-state index in [-0.39, 0.29) is 12.3 Å². The highest BCUT2D eigenvalue weighted by Crippen LogP contribution is 2.38. The number of hydrogen-bond donors (Lipinski definition) is 1. The number of aliphatic hydroxyl groups is 1. The Balaban J connectivity index is 1.84. The lowest BCUT2D eigenvalue weighted by Crippen LogP contribution is -2.50. The van der Waals surface area contributed by atoms with Gasteiger partial charge in [-0.05, 0) is 50.3 Å². The average Bonchev–Trinajstić information content (AvgIpc) is 3.38. The standard InChI is InChI=1S/C29H41NO5/c1-6-7-8-9-13-16-22-17-18-24(34-22)25(31)23(19-21-14-11-10-12-15-21)27(32)30-26(20(2)3)29(4,5)35-28(30)33/h10-12,14-15,17-18,20,23,25-26,31H,6-9,13,16,19H2,1-5H3/t23-,25-,26-/m0/s1. The van der Waals surface area contributed by atoms with Gasteiger partial charge in [0.05, 0.1) is 12.0 Å². The van der Waals surface area contributed by atoms with E-state index in [1.165, 1.54) is 24.2 Å². The molecule has 0 radical (unpaired) electrons. The van der Waals surface area contributed by atoms with Crippen molar-refractivity contribution in [3.8, 4) is 0 Å². The number of unbranched alkanes of at least 4 members (excludes halogenated alkanes) is 4. The fourth-order valence-corrected chi connectivity index (χ4v) is 5.26. The van der Waals surface area contributed by atoms with Crippen LogP contribution in [0.5, 0.6) is 0 Å². The maximum Gasteiger partial charge on any atom is 0.417 e. The third-order valence-corrected chi connectivity index (χ3v) is 6.90. The monoisotopic (exact) mass is 483 g/mol. The van der Waals surface area contributed by atoms with Gasteiger partial charge in [0, 0.05) is 6.42 Å². The molecule has 6 heteroatoms. The Labute approximate surface area is 209 Å². The summed E-state index contributed by atoms with van der Waals surface area (Å²) in [6.07, 6.45) is 5.06. The number of hydrogen-bond acceptors (Lipinski definition) is 5. The molecule has 3 atom stereocenters.